The van der Waals surface area contributed by atoms with E-state index in [1.807, 2.05) is 0 Å². The number of ether oxygens (including phenoxy) is 2. The topological polar surface area (TPSA) is 89.0 Å². The fraction of sp³-hybridized carbons (Fsp3) is 0.207. The number of ketones is 1. The van der Waals surface area contributed by atoms with Crippen LogP contribution in [0, 0.1) is 5.82 Å². The molecule has 38 heavy (non-hydrogen) atoms. The van der Waals surface area contributed by atoms with Gasteiger partial charge in [0.05, 0.1) is 35.5 Å². The summed E-state index contributed by atoms with van der Waals surface area (Å²) in [4.78, 5) is 32.6. The highest BCUT2D eigenvalue weighted by molar-refractivity contribution is 7.22. The van der Waals surface area contributed by atoms with Crippen molar-refractivity contribution in [1.82, 2.24) is 4.98 Å². The summed E-state index contributed by atoms with van der Waals surface area (Å²) in [5, 5.41) is 11.5. The Morgan fingerprint density at radius 2 is 1.76 bits per heavy atom. The Bertz CT molecular complexity index is 1530. The van der Waals surface area contributed by atoms with Crippen LogP contribution in [0.15, 0.2) is 72.3 Å². The standard InChI is InChI=1S/C29H25FN2O5S/c1-3-4-15-37-21-12-5-17(6-13-21)25-24(26(33)18-7-10-20(36-2)11-8-18)27(34)28(35)32(25)29-31-22-14-9-19(30)16-23(22)38-29/h5-14,16,25,33H,3-4,15H2,1-2H3. The van der Waals surface area contributed by atoms with E-state index in [4.69, 9.17) is 9.47 Å². The Balaban J connectivity index is 1.63. The van der Waals surface area contributed by atoms with E-state index in [0.717, 1.165) is 24.2 Å². The smallest absolute Gasteiger partial charge is 0.301 e. The normalized spacial score (nSPS) is 16.8. The number of aliphatic hydroxyl groups is 1. The Hall–Kier alpha value is -4.24. The molecule has 0 spiro atoms. The number of amides is 1. The van der Waals surface area contributed by atoms with Gasteiger partial charge >= 0.3 is 5.91 Å². The van der Waals surface area contributed by atoms with Crippen LogP contribution in [0.1, 0.15) is 36.9 Å². The number of fused-ring (bicyclic) bond motifs is 1. The second-order valence-electron chi connectivity index (χ2n) is 8.78. The zero-order valence-corrected chi connectivity index (χ0v) is 21.6. The minimum absolute atomic E-state index is 0.0646. The van der Waals surface area contributed by atoms with Crippen LogP contribution in [0.25, 0.3) is 16.0 Å². The minimum Gasteiger partial charge on any atom is -0.507 e. The van der Waals surface area contributed by atoms with E-state index in [1.54, 1.807) is 48.5 Å². The van der Waals surface area contributed by atoms with Crippen LogP contribution < -0.4 is 14.4 Å². The van der Waals surface area contributed by atoms with E-state index < -0.39 is 23.5 Å². The van der Waals surface area contributed by atoms with Crippen molar-refractivity contribution in [2.24, 2.45) is 0 Å². The molecule has 1 aliphatic rings. The maximum Gasteiger partial charge on any atom is 0.301 e. The van der Waals surface area contributed by atoms with Gasteiger partial charge in [0.1, 0.15) is 23.1 Å². The van der Waals surface area contributed by atoms with Gasteiger partial charge in [0.25, 0.3) is 5.78 Å². The summed E-state index contributed by atoms with van der Waals surface area (Å²) in [6, 6.07) is 16.8. The number of unbranched alkanes of at least 4 members (excludes halogenated alkanes) is 1. The van der Waals surface area contributed by atoms with E-state index in [-0.39, 0.29) is 16.5 Å². The van der Waals surface area contributed by atoms with Gasteiger partial charge in [0.2, 0.25) is 0 Å². The average molecular weight is 533 g/mol. The monoisotopic (exact) mass is 532 g/mol. The number of methoxy groups -OCH3 is 1. The van der Waals surface area contributed by atoms with Gasteiger partial charge in [-0.25, -0.2) is 9.37 Å². The fourth-order valence-corrected chi connectivity index (χ4v) is 5.34. The molecule has 1 saturated heterocycles. The van der Waals surface area contributed by atoms with Crippen LogP contribution in [-0.2, 0) is 9.59 Å². The second kappa shape index (κ2) is 10.6. The molecule has 9 heteroatoms. The third-order valence-electron chi connectivity index (χ3n) is 6.32. The number of carbonyl (C=O) groups excluding carboxylic acids is 2. The molecule has 1 aliphatic heterocycles. The molecule has 1 amide bonds. The fourth-order valence-electron chi connectivity index (χ4n) is 4.32. The molecule has 1 aromatic heterocycles. The highest BCUT2D eigenvalue weighted by Crippen LogP contribution is 2.44. The molecule has 4 aromatic rings. The van der Waals surface area contributed by atoms with Crippen LogP contribution in [-0.4, -0.2) is 35.5 Å². The van der Waals surface area contributed by atoms with Gasteiger partial charge in [-0.2, -0.15) is 0 Å². The number of halogens is 1. The van der Waals surface area contributed by atoms with Gasteiger partial charge in [-0.1, -0.05) is 36.8 Å². The minimum atomic E-state index is -0.952. The second-order valence-corrected chi connectivity index (χ2v) is 9.79. The van der Waals surface area contributed by atoms with Crippen LogP contribution >= 0.6 is 11.3 Å². The molecule has 0 aliphatic carbocycles. The predicted octanol–water partition coefficient (Wildman–Crippen LogP) is 6.25. The Morgan fingerprint density at radius 3 is 2.45 bits per heavy atom. The number of aliphatic hydroxyl groups excluding tert-OH is 1. The van der Waals surface area contributed by atoms with Crippen molar-refractivity contribution < 1.29 is 28.6 Å². The maximum absolute atomic E-state index is 13.8. The van der Waals surface area contributed by atoms with Gasteiger partial charge in [0, 0.05) is 5.56 Å². The van der Waals surface area contributed by atoms with Crippen molar-refractivity contribution >= 4 is 44.1 Å². The molecule has 1 N–H and O–H groups in total. The largest absolute Gasteiger partial charge is 0.507 e. The summed E-state index contributed by atoms with van der Waals surface area (Å²) >= 11 is 1.10. The lowest BCUT2D eigenvalue weighted by Crippen LogP contribution is -2.29. The predicted molar refractivity (Wildman–Crippen MR) is 144 cm³/mol. The lowest BCUT2D eigenvalue weighted by atomic mass is 9.95. The van der Waals surface area contributed by atoms with E-state index in [0.29, 0.717) is 39.4 Å². The number of nitrogens with zero attached hydrogens (tertiary/aromatic N) is 2. The molecule has 7 nitrogen and oxygen atoms in total. The van der Waals surface area contributed by atoms with E-state index >= 15 is 0 Å². The van der Waals surface area contributed by atoms with Gasteiger partial charge in [-0.05, 0) is 66.6 Å². The average Bonchev–Trinajstić information content (AvgIpc) is 3.46. The quantitative estimate of drug-likeness (QED) is 0.125. The summed E-state index contributed by atoms with van der Waals surface area (Å²) in [5.74, 6) is -1.16. The molecule has 0 bridgehead atoms. The zero-order valence-electron chi connectivity index (χ0n) is 20.8. The van der Waals surface area contributed by atoms with Gasteiger partial charge in [0.15, 0.2) is 5.13 Å². The summed E-state index contributed by atoms with van der Waals surface area (Å²) in [6.07, 6.45) is 1.92. The van der Waals surface area contributed by atoms with Crippen molar-refractivity contribution in [3.8, 4) is 11.5 Å². The molecule has 0 saturated carbocycles. The number of hydrogen-bond donors (Lipinski definition) is 1. The number of benzene rings is 3. The van der Waals surface area contributed by atoms with Gasteiger partial charge in [-0.3, -0.25) is 14.5 Å². The molecule has 5 rings (SSSR count). The Morgan fingerprint density at radius 1 is 1.05 bits per heavy atom. The molecular weight excluding hydrogens is 507 g/mol. The lowest BCUT2D eigenvalue weighted by Gasteiger charge is -2.23. The molecule has 1 atom stereocenters. The first-order valence-corrected chi connectivity index (χ1v) is 13.0. The van der Waals surface area contributed by atoms with E-state index in [2.05, 4.69) is 11.9 Å². The number of thiazole rings is 1. The van der Waals surface area contributed by atoms with Crippen molar-refractivity contribution in [1.29, 1.82) is 0 Å². The highest BCUT2D eigenvalue weighted by Gasteiger charge is 2.48. The summed E-state index contributed by atoms with van der Waals surface area (Å²) in [6.45, 7) is 2.66. The van der Waals surface area contributed by atoms with Gasteiger partial charge in [-0.15, -0.1) is 0 Å². The number of anilines is 1. The number of aromatic nitrogens is 1. The van der Waals surface area contributed by atoms with Crippen molar-refractivity contribution in [2.45, 2.75) is 25.8 Å². The van der Waals surface area contributed by atoms with Crippen molar-refractivity contribution in [3.05, 3.63) is 89.2 Å². The molecule has 1 fully saturated rings. The first kappa shape index (κ1) is 25.4. The molecule has 194 valence electrons. The van der Waals surface area contributed by atoms with Crippen molar-refractivity contribution in [3.63, 3.8) is 0 Å². The third kappa shape index (κ3) is 4.72. The lowest BCUT2D eigenvalue weighted by molar-refractivity contribution is -0.132. The summed E-state index contributed by atoms with van der Waals surface area (Å²) < 4.78 is 25.3. The van der Waals surface area contributed by atoms with Crippen LogP contribution in [0.2, 0.25) is 0 Å². The SMILES string of the molecule is CCCCOc1ccc(C2C(=C(O)c3ccc(OC)cc3)C(=O)C(=O)N2c2nc3ccc(F)cc3s2)cc1. The first-order chi connectivity index (χ1) is 18.4. The summed E-state index contributed by atoms with van der Waals surface area (Å²) in [5.41, 5.74) is 1.39. The first-order valence-electron chi connectivity index (χ1n) is 12.2. The van der Waals surface area contributed by atoms with Crippen molar-refractivity contribution in [2.75, 3.05) is 18.6 Å². The van der Waals surface area contributed by atoms with E-state index in [1.165, 1.54) is 30.2 Å². The molecule has 2 heterocycles. The van der Waals surface area contributed by atoms with Crippen LogP contribution in [0.4, 0.5) is 9.52 Å². The molecular formula is C29H25FN2O5S. The number of carbonyl (C=O) groups is 2. The maximum atomic E-state index is 13.8. The van der Waals surface area contributed by atoms with Crippen LogP contribution in [0.5, 0.6) is 11.5 Å². The van der Waals surface area contributed by atoms with Crippen LogP contribution in [0.3, 0.4) is 0 Å². The zero-order chi connectivity index (χ0) is 26.8. The van der Waals surface area contributed by atoms with E-state index in [9.17, 15) is 19.1 Å². The Kier molecular flexibility index (Phi) is 7.11. The number of hydrogen-bond acceptors (Lipinski definition) is 7. The Labute approximate surface area is 222 Å². The molecule has 0 radical (unpaired) electrons. The highest BCUT2D eigenvalue weighted by atomic mass is 32.1. The summed E-state index contributed by atoms with van der Waals surface area (Å²) in [7, 11) is 1.53. The molecule has 1 unspecified atom stereocenters. The molecule has 3 aromatic carbocycles. The number of Topliss-reactive ketones (excluding diaryl/α,β-unsaturated/α-hetero) is 1. The number of rotatable bonds is 8. The van der Waals surface area contributed by atoms with Gasteiger partial charge < -0.3 is 14.6 Å². The third-order valence-corrected chi connectivity index (χ3v) is 7.33.